The lowest BCUT2D eigenvalue weighted by molar-refractivity contribution is -0.190. The Morgan fingerprint density at radius 3 is 2.31 bits per heavy atom. The zero-order valence-electron chi connectivity index (χ0n) is 14.9. The van der Waals surface area contributed by atoms with Gasteiger partial charge in [-0.25, -0.2) is 5.01 Å². The molecular formula is C19H21F3N2O2. The quantitative estimate of drug-likeness (QED) is 0.878. The Bertz CT molecular complexity index is 828. The first-order chi connectivity index (χ1) is 12.1. The Morgan fingerprint density at radius 2 is 1.73 bits per heavy atom. The summed E-state index contributed by atoms with van der Waals surface area (Å²) in [6.45, 7) is 5.66. The van der Waals surface area contributed by atoms with Gasteiger partial charge in [-0.3, -0.25) is 10.2 Å². The molecule has 26 heavy (non-hydrogen) atoms. The smallest absolute Gasteiger partial charge is 0.409 e. The van der Waals surface area contributed by atoms with E-state index in [0.717, 1.165) is 5.01 Å². The van der Waals surface area contributed by atoms with Crippen LogP contribution in [0.5, 0.6) is 5.75 Å². The Kier molecular flexibility index (Phi) is 4.60. The summed E-state index contributed by atoms with van der Waals surface area (Å²) in [6, 6.07) is 7.95. The second-order valence-electron chi connectivity index (χ2n) is 7.34. The SMILES string of the molecule is CC(C)(C)Oc1cccc2c(C(N3CCC(=O)N3)C(F)(F)F)cccc12. The summed E-state index contributed by atoms with van der Waals surface area (Å²) >= 11 is 0. The van der Waals surface area contributed by atoms with Gasteiger partial charge in [0.15, 0.2) is 6.04 Å². The van der Waals surface area contributed by atoms with Gasteiger partial charge >= 0.3 is 6.18 Å². The van der Waals surface area contributed by atoms with Crippen LogP contribution >= 0.6 is 0 Å². The van der Waals surface area contributed by atoms with Crippen LogP contribution in [-0.2, 0) is 4.79 Å². The number of hydrogen-bond acceptors (Lipinski definition) is 3. The van der Waals surface area contributed by atoms with Gasteiger partial charge in [0.2, 0.25) is 5.91 Å². The molecular weight excluding hydrogens is 345 g/mol. The van der Waals surface area contributed by atoms with Crippen molar-refractivity contribution in [3.8, 4) is 5.75 Å². The molecule has 1 unspecified atom stereocenters. The third kappa shape index (κ3) is 3.77. The Morgan fingerprint density at radius 1 is 1.08 bits per heavy atom. The standard InChI is InChI=1S/C19H21F3N2O2/c1-18(2,3)26-15-9-5-6-12-13(15)7-4-8-14(12)17(19(20,21)22)24-11-10-16(25)23-24/h4-9,17H,10-11H2,1-3H3,(H,23,25). The maximum atomic E-state index is 13.9. The summed E-state index contributed by atoms with van der Waals surface area (Å²) in [7, 11) is 0. The van der Waals surface area contributed by atoms with Crippen LogP contribution < -0.4 is 10.2 Å². The molecule has 1 amide bonds. The molecule has 7 heteroatoms. The van der Waals surface area contributed by atoms with Gasteiger partial charge in [0.05, 0.1) is 0 Å². The molecule has 0 spiro atoms. The Balaban J connectivity index is 2.14. The second-order valence-corrected chi connectivity index (χ2v) is 7.34. The van der Waals surface area contributed by atoms with E-state index in [9.17, 15) is 18.0 Å². The number of amides is 1. The lowest BCUT2D eigenvalue weighted by atomic mass is 9.97. The predicted octanol–water partition coefficient (Wildman–Crippen LogP) is 4.36. The van der Waals surface area contributed by atoms with Crippen LogP contribution in [0, 0.1) is 0 Å². The fourth-order valence-electron chi connectivity index (χ4n) is 3.17. The first-order valence-corrected chi connectivity index (χ1v) is 8.40. The molecule has 2 aromatic carbocycles. The minimum Gasteiger partial charge on any atom is -0.488 e. The molecule has 140 valence electrons. The number of ether oxygens (including phenoxy) is 1. The van der Waals surface area contributed by atoms with E-state index in [1.54, 1.807) is 30.3 Å². The number of carbonyl (C=O) groups is 1. The first kappa shape index (κ1) is 18.5. The van der Waals surface area contributed by atoms with Gasteiger partial charge in [-0.1, -0.05) is 30.3 Å². The van der Waals surface area contributed by atoms with Crippen LogP contribution in [0.2, 0.25) is 0 Å². The van der Waals surface area contributed by atoms with Crippen LogP contribution in [0.25, 0.3) is 10.8 Å². The molecule has 1 heterocycles. The molecule has 1 aliphatic heterocycles. The summed E-state index contributed by atoms with van der Waals surface area (Å²) in [5.41, 5.74) is 1.94. The van der Waals surface area contributed by atoms with Gasteiger partial charge < -0.3 is 4.74 Å². The number of hydrogen-bond donors (Lipinski definition) is 1. The topological polar surface area (TPSA) is 41.6 Å². The minimum absolute atomic E-state index is 0.0115. The number of rotatable bonds is 3. The van der Waals surface area contributed by atoms with E-state index in [-0.39, 0.29) is 18.5 Å². The average Bonchev–Trinajstić information content (AvgIpc) is 2.91. The van der Waals surface area contributed by atoms with Gasteiger partial charge in [-0.2, -0.15) is 13.2 Å². The zero-order chi connectivity index (χ0) is 19.1. The van der Waals surface area contributed by atoms with E-state index in [4.69, 9.17) is 4.74 Å². The van der Waals surface area contributed by atoms with Crippen LogP contribution in [-0.4, -0.2) is 29.2 Å². The maximum Gasteiger partial charge on any atom is 0.409 e. The number of nitrogens with zero attached hydrogens (tertiary/aromatic N) is 1. The molecule has 0 aromatic heterocycles. The van der Waals surface area contributed by atoms with Crippen molar-refractivity contribution in [3.05, 3.63) is 42.0 Å². The highest BCUT2D eigenvalue weighted by Crippen LogP contribution is 2.42. The van der Waals surface area contributed by atoms with Gasteiger partial charge in [-0.05, 0) is 37.8 Å². The van der Waals surface area contributed by atoms with Crippen molar-refractivity contribution in [3.63, 3.8) is 0 Å². The van der Waals surface area contributed by atoms with E-state index in [2.05, 4.69) is 5.43 Å². The normalized spacial score (nSPS) is 17.4. The fourth-order valence-corrected chi connectivity index (χ4v) is 3.17. The zero-order valence-corrected chi connectivity index (χ0v) is 14.9. The van der Waals surface area contributed by atoms with Crippen LogP contribution in [0.1, 0.15) is 38.8 Å². The van der Waals surface area contributed by atoms with Crippen molar-refractivity contribution in [2.45, 2.75) is 45.0 Å². The largest absolute Gasteiger partial charge is 0.488 e. The molecule has 3 rings (SSSR count). The average molecular weight is 366 g/mol. The van der Waals surface area contributed by atoms with E-state index < -0.39 is 23.7 Å². The molecule has 0 radical (unpaired) electrons. The third-order valence-corrected chi connectivity index (χ3v) is 4.10. The molecule has 0 bridgehead atoms. The van der Waals surface area contributed by atoms with E-state index in [1.807, 2.05) is 20.8 Å². The monoisotopic (exact) mass is 366 g/mol. The summed E-state index contributed by atoms with van der Waals surface area (Å²) in [5.74, 6) is 0.125. The number of halogens is 3. The van der Waals surface area contributed by atoms with E-state index in [0.29, 0.717) is 16.5 Å². The van der Waals surface area contributed by atoms with Crippen molar-refractivity contribution in [1.82, 2.24) is 10.4 Å². The Hall–Kier alpha value is -2.28. The second kappa shape index (κ2) is 6.46. The Labute approximate surface area is 149 Å². The number of fused-ring (bicyclic) bond motifs is 1. The van der Waals surface area contributed by atoms with Crippen molar-refractivity contribution >= 4 is 16.7 Å². The van der Waals surface area contributed by atoms with Crippen molar-refractivity contribution in [2.24, 2.45) is 0 Å². The molecule has 1 N–H and O–H groups in total. The number of alkyl halides is 3. The summed E-state index contributed by atoms with van der Waals surface area (Å²) in [5, 5.41) is 2.03. The van der Waals surface area contributed by atoms with Crippen LogP contribution in [0.4, 0.5) is 13.2 Å². The van der Waals surface area contributed by atoms with Crippen LogP contribution in [0.15, 0.2) is 36.4 Å². The first-order valence-electron chi connectivity index (χ1n) is 8.40. The molecule has 1 atom stereocenters. The number of carbonyl (C=O) groups excluding carboxylic acids is 1. The lowest BCUT2D eigenvalue weighted by Gasteiger charge is -2.30. The molecule has 0 saturated carbocycles. The molecule has 2 aromatic rings. The van der Waals surface area contributed by atoms with Crippen molar-refractivity contribution < 1.29 is 22.7 Å². The summed E-state index contributed by atoms with van der Waals surface area (Å²) < 4.78 is 47.5. The highest BCUT2D eigenvalue weighted by molar-refractivity contribution is 5.91. The van der Waals surface area contributed by atoms with Gasteiger partial charge in [0.25, 0.3) is 0 Å². The highest BCUT2D eigenvalue weighted by atomic mass is 19.4. The lowest BCUT2D eigenvalue weighted by Crippen LogP contribution is -2.43. The number of benzene rings is 2. The van der Waals surface area contributed by atoms with Gasteiger partial charge in [0, 0.05) is 18.4 Å². The van der Waals surface area contributed by atoms with Crippen molar-refractivity contribution in [1.29, 1.82) is 0 Å². The molecule has 1 aliphatic rings. The molecule has 1 saturated heterocycles. The molecule has 1 fully saturated rings. The van der Waals surface area contributed by atoms with Crippen LogP contribution in [0.3, 0.4) is 0 Å². The van der Waals surface area contributed by atoms with E-state index in [1.165, 1.54) is 6.07 Å². The van der Waals surface area contributed by atoms with Gasteiger partial charge in [0.1, 0.15) is 11.4 Å². The minimum atomic E-state index is -4.53. The van der Waals surface area contributed by atoms with E-state index >= 15 is 0 Å². The van der Waals surface area contributed by atoms with Gasteiger partial charge in [-0.15, -0.1) is 0 Å². The molecule has 4 nitrogen and oxygen atoms in total. The number of nitrogens with one attached hydrogen (secondary N) is 1. The third-order valence-electron chi connectivity index (χ3n) is 4.10. The van der Waals surface area contributed by atoms with Crippen molar-refractivity contribution in [2.75, 3.05) is 6.54 Å². The predicted molar refractivity (Wildman–Crippen MR) is 92.6 cm³/mol. The summed E-state index contributed by atoms with van der Waals surface area (Å²) in [6.07, 6.45) is -4.48. The number of hydrazine groups is 1. The molecule has 0 aliphatic carbocycles. The summed E-state index contributed by atoms with van der Waals surface area (Å²) in [4.78, 5) is 11.5. The maximum absolute atomic E-state index is 13.9. The fraction of sp³-hybridized carbons (Fsp3) is 0.421. The highest BCUT2D eigenvalue weighted by Gasteiger charge is 2.47.